The number of benzene rings is 2. The predicted octanol–water partition coefficient (Wildman–Crippen LogP) is 4.25. The molecule has 1 atom stereocenters. The summed E-state index contributed by atoms with van der Waals surface area (Å²) in [4.78, 5) is 16.7. The average molecular weight is 379 g/mol. The van der Waals surface area contributed by atoms with Gasteiger partial charge in [-0.1, -0.05) is 61.0 Å². The molecule has 6 heteroatoms. The van der Waals surface area contributed by atoms with E-state index in [1.54, 1.807) is 6.92 Å². The third kappa shape index (κ3) is 4.76. The molecule has 0 aliphatic rings. The van der Waals surface area contributed by atoms with Gasteiger partial charge in [-0.05, 0) is 37.5 Å². The molecule has 3 aromatic rings. The number of carbonyl (C=O) groups excluding carboxylic acids is 1. The van der Waals surface area contributed by atoms with Gasteiger partial charge in [-0.25, -0.2) is 0 Å². The molecule has 1 aromatic heterocycles. The summed E-state index contributed by atoms with van der Waals surface area (Å²) in [5, 5.41) is 6.76. The van der Waals surface area contributed by atoms with E-state index in [4.69, 9.17) is 9.26 Å². The zero-order valence-corrected chi connectivity index (χ0v) is 16.6. The largest absolute Gasteiger partial charge is 0.481 e. The molecule has 0 bridgehead atoms. The second kappa shape index (κ2) is 8.69. The van der Waals surface area contributed by atoms with E-state index in [1.807, 2.05) is 55.5 Å². The normalized spacial score (nSPS) is 12.0. The van der Waals surface area contributed by atoms with Crippen molar-refractivity contribution in [2.75, 3.05) is 0 Å². The summed E-state index contributed by atoms with van der Waals surface area (Å²) >= 11 is 0. The Morgan fingerprint density at radius 1 is 1.14 bits per heavy atom. The molecule has 0 aliphatic carbocycles. The van der Waals surface area contributed by atoms with Crippen LogP contribution < -0.4 is 10.1 Å². The van der Waals surface area contributed by atoms with Gasteiger partial charge in [0.15, 0.2) is 6.10 Å². The lowest BCUT2D eigenvalue weighted by Gasteiger charge is -2.18. The van der Waals surface area contributed by atoms with Gasteiger partial charge in [0.05, 0.1) is 6.54 Å². The van der Waals surface area contributed by atoms with E-state index in [0.717, 1.165) is 22.4 Å². The van der Waals surface area contributed by atoms with Crippen LogP contribution in [-0.4, -0.2) is 22.2 Å². The summed E-state index contributed by atoms with van der Waals surface area (Å²) in [6, 6.07) is 15.6. The molecular formula is C22H25N3O3. The van der Waals surface area contributed by atoms with E-state index in [2.05, 4.69) is 29.3 Å². The van der Waals surface area contributed by atoms with Gasteiger partial charge in [0.1, 0.15) is 5.75 Å². The quantitative estimate of drug-likeness (QED) is 0.664. The van der Waals surface area contributed by atoms with Crippen molar-refractivity contribution in [3.05, 3.63) is 65.5 Å². The molecule has 0 fully saturated rings. The number of hydrogen-bond acceptors (Lipinski definition) is 5. The van der Waals surface area contributed by atoms with Crippen LogP contribution in [0.4, 0.5) is 0 Å². The number of rotatable bonds is 7. The highest BCUT2D eigenvalue weighted by molar-refractivity contribution is 5.80. The van der Waals surface area contributed by atoms with Gasteiger partial charge in [0.2, 0.25) is 11.7 Å². The summed E-state index contributed by atoms with van der Waals surface area (Å²) in [5.74, 6) is 1.64. The first kappa shape index (κ1) is 19.6. The number of aromatic nitrogens is 2. The Kier molecular flexibility index (Phi) is 6.09. The molecule has 0 spiro atoms. The van der Waals surface area contributed by atoms with Crippen LogP contribution in [0.1, 0.15) is 43.7 Å². The first-order valence-electron chi connectivity index (χ1n) is 9.37. The Morgan fingerprint density at radius 3 is 2.68 bits per heavy atom. The summed E-state index contributed by atoms with van der Waals surface area (Å²) in [5.41, 5.74) is 3.06. The molecule has 0 saturated heterocycles. The fourth-order valence-electron chi connectivity index (χ4n) is 2.84. The van der Waals surface area contributed by atoms with Crippen molar-refractivity contribution in [1.29, 1.82) is 0 Å². The van der Waals surface area contributed by atoms with E-state index < -0.39 is 6.10 Å². The van der Waals surface area contributed by atoms with Crippen molar-refractivity contribution >= 4 is 5.91 Å². The molecule has 3 rings (SSSR count). The molecule has 0 unspecified atom stereocenters. The molecule has 6 nitrogen and oxygen atoms in total. The summed E-state index contributed by atoms with van der Waals surface area (Å²) in [6.07, 6.45) is -0.640. The molecule has 2 aromatic carbocycles. The van der Waals surface area contributed by atoms with E-state index >= 15 is 0 Å². The van der Waals surface area contributed by atoms with Crippen molar-refractivity contribution in [1.82, 2.24) is 15.5 Å². The van der Waals surface area contributed by atoms with Gasteiger partial charge in [-0.15, -0.1) is 0 Å². The van der Waals surface area contributed by atoms with Crippen LogP contribution in [0.5, 0.6) is 5.75 Å². The molecule has 1 amide bonds. The lowest BCUT2D eigenvalue weighted by molar-refractivity contribution is -0.127. The second-order valence-corrected chi connectivity index (χ2v) is 7.05. The van der Waals surface area contributed by atoms with Crippen LogP contribution in [0.3, 0.4) is 0 Å². The molecular weight excluding hydrogens is 354 g/mol. The number of nitrogens with one attached hydrogen (secondary N) is 1. The fourth-order valence-corrected chi connectivity index (χ4v) is 2.84. The minimum Gasteiger partial charge on any atom is -0.481 e. The van der Waals surface area contributed by atoms with Crippen molar-refractivity contribution in [2.24, 2.45) is 0 Å². The maximum atomic E-state index is 12.4. The number of para-hydroxylation sites is 1. The first-order valence-corrected chi connectivity index (χ1v) is 9.37. The third-order valence-corrected chi connectivity index (χ3v) is 4.37. The number of amides is 1. The molecule has 146 valence electrons. The van der Waals surface area contributed by atoms with E-state index in [1.165, 1.54) is 0 Å². The van der Waals surface area contributed by atoms with Gasteiger partial charge >= 0.3 is 0 Å². The Morgan fingerprint density at radius 2 is 1.93 bits per heavy atom. The molecule has 28 heavy (non-hydrogen) atoms. The fraction of sp³-hybridized carbons (Fsp3) is 0.318. The zero-order valence-electron chi connectivity index (χ0n) is 16.6. The highest BCUT2D eigenvalue weighted by Gasteiger charge is 2.18. The average Bonchev–Trinajstić information content (AvgIpc) is 3.15. The summed E-state index contributed by atoms with van der Waals surface area (Å²) in [6.45, 7) is 8.06. The number of nitrogens with zero attached hydrogens (tertiary/aromatic N) is 2. The van der Waals surface area contributed by atoms with Gasteiger partial charge in [-0.3, -0.25) is 4.79 Å². The second-order valence-electron chi connectivity index (χ2n) is 7.05. The van der Waals surface area contributed by atoms with Crippen LogP contribution >= 0.6 is 0 Å². The van der Waals surface area contributed by atoms with Crippen LogP contribution in [0.25, 0.3) is 11.4 Å². The van der Waals surface area contributed by atoms with Crippen LogP contribution in [0, 0.1) is 6.92 Å². The molecule has 0 radical (unpaired) electrons. The van der Waals surface area contributed by atoms with Crippen molar-refractivity contribution in [2.45, 2.75) is 46.3 Å². The monoisotopic (exact) mass is 379 g/mol. The van der Waals surface area contributed by atoms with Crippen molar-refractivity contribution in [3.63, 3.8) is 0 Å². The van der Waals surface area contributed by atoms with E-state index in [9.17, 15) is 4.79 Å². The maximum absolute atomic E-state index is 12.4. The summed E-state index contributed by atoms with van der Waals surface area (Å²) < 4.78 is 11.1. The minimum absolute atomic E-state index is 0.150. The van der Waals surface area contributed by atoms with Gasteiger partial charge in [0, 0.05) is 5.56 Å². The van der Waals surface area contributed by atoms with Crippen LogP contribution in [-0.2, 0) is 11.3 Å². The number of aryl methyl sites for hydroxylation is 1. The molecule has 0 saturated carbocycles. The van der Waals surface area contributed by atoms with Crippen LogP contribution in [0.2, 0.25) is 0 Å². The SMILES string of the molecule is Cc1cccc(-c2noc(CNC(=O)[C@H](C)Oc3ccccc3C(C)C)n2)c1. The van der Waals surface area contributed by atoms with Crippen molar-refractivity contribution < 1.29 is 14.1 Å². The highest BCUT2D eigenvalue weighted by Crippen LogP contribution is 2.26. The zero-order chi connectivity index (χ0) is 20.1. The van der Waals surface area contributed by atoms with Crippen LogP contribution in [0.15, 0.2) is 53.1 Å². The topological polar surface area (TPSA) is 77.2 Å². The number of carbonyl (C=O) groups is 1. The highest BCUT2D eigenvalue weighted by atomic mass is 16.5. The van der Waals surface area contributed by atoms with Crippen molar-refractivity contribution in [3.8, 4) is 17.1 Å². The lowest BCUT2D eigenvalue weighted by atomic mass is 10.0. The maximum Gasteiger partial charge on any atom is 0.261 e. The Balaban J connectivity index is 1.59. The molecule has 1 N–H and O–H groups in total. The lowest BCUT2D eigenvalue weighted by Crippen LogP contribution is -2.36. The van der Waals surface area contributed by atoms with Gasteiger partial charge < -0.3 is 14.6 Å². The molecule has 0 aliphatic heterocycles. The van der Waals surface area contributed by atoms with Gasteiger partial charge in [0.25, 0.3) is 5.91 Å². The minimum atomic E-state index is -0.640. The standard InChI is InChI=1S/C22H25N3O3/c1-14(2)18-10-5-6-11-19(18)27-16(4)22(26)23-13-20-24-21(25-28-20)17-9-7-8-15(3)12-17/h5-12,14,16H,13H2,1-4H3,(H,23,26)/t16-/m0/s1. The van der Waals surface area contributed by atoms with Gasteiger partial charge in [-0.2, -0.15) is 4.98 Å². The van der Waals surface area contributed by atoms with E-state index in [-0.39, 0.29) is 12.5 Å². The number of hydrogen-bond donors (Lipinski definition) is 1. The molecule has 1 heterocycles. The first-order chi connectivity index (χ1) is 13.4. The smallest absolute Gasteiger partial charge is 0.261 e. The summed E-state index contributed by atoms with van der Waals surface area (Å²) in [7, 11) is 0. The Hall–Kier alpha value is -3.15. The predicted molar refractivity (Wildman–Crippen MR) is 107 cm³/mol. The Labute approximate surface area is 164 Å². The number of ether oxygens (including phenoxy) is 1. The van der Waals surface area contributed by atoms with E-state index in [0.29, 0.717) is 17.6 Å². The third-order valence-electron chi connectivity index (χ3n) is 4.37. The Bertz CT molecular complexity index is 949.